The van der Waals surface area contributed by atoms with Crippen LogP contribution in [0.25, 0.3) is 0 Å². The zero-order valence-electron chi connectivity index (χ0n) is 10.3. The van der Waals surface area contributed by atoms with Crippen LogP contribution in [0.4, 0.5) is 4.39 Å². The van der Waals surface area contributed by atoms with Crippen molar-refractivity contribution in [1.82, 2.24) is 0 Å². The van der Waals surface area contributed by atoms with E-state index in [0.717, 1.165) is 0 Å². The molecular formula is C13H15BrClFO2S. The molecule has 0 bridgehead atoms. The van der Waals surface area contributed by atoms with E-state index < -0.39 is 9.84 Å². The summed E-state index contributed by atoms with van der Waals surface area (Å²) in [6.45, 7) is 0. The molecule has 0 spiro atoms. The number of alkyl halides is 1. The largest absolute Gasteiger partial charge is 0.229 e. The molecule has 1 saturated heterocycles. The topological polar surface area (TPSA) is 34.1 Å². The fraction of sp³-hybridized carbons (Fsp3) is 0.538. The third-order valence-corrected chi connectivity index (χ3v) is 6.48. The van der Waals surface area contributed by atoms with Gasteiger partial charge in [-0.3, -0.25) is 0 Å². The summed E-state index contributed by atoms with van der Waals surface area (Å²) in [6.07, 6.45) is 1.18. The fourth-order valence-electron chi connectivity index (χ4n) is 2.52. The highest BCUT2D eigenvalue weighted by atomic mass is 79.9. The van der Waals surface area contributed by atoms with Crippen molar-refractivity contribution in [3.05, 3.63) is 34.6 Å². The Hall–Kier alpha value is -0.130. The monoisotopic (exact) mass is 368 g/mol. The molecule has 2 nitrogen and oxygen atoms in total. The molecule has 6 heteroatoms. The van der Waals surface area contributed by atoms with E-state index in [0.29, 0.717) is 28.8 Å². The molecule has 1 heterocycles. The number of halogens is 3. The minimum atomic E-state index is -2.90. The molecule has 2 atom stereocenters. The molecule has 2 unspecified atom stereocenters. The zero-order valence-corrected chi connectivity index (χ0v) is 13.4. The van der Waals surface area contributed by atoms with E-state index in [1.165, 1.54) is 12.1 Å². The second-order valence-corrected chi connectivity index (χ2v) is 8.33. The van der Waals surface area contributed by atoms with Gasteiger partial charge in [-0.15, -0.1) is 0 Å². The fourth-order valence-corrected chi connectivity index (χ4v) is 5.40. The molecule has 1 aromatic rings. The molecule has 0 aromatic heterocycles. The number of hydrogen-bond donors (Lipinski definition) is 0. The Morgan fingerprint density at radius 2 is 2.21 bits per heavy atom. The number of hydrogen-bond acceptors (Lipinski definition) is 2. The van der Waals surface area contributed by atoms with Crippen LogP contribution >= 0.6 is 27.5 Å². The highest BCUT2D eigenvalue weighted by molar-refractivity contribution is 9.09. The molecule has 0 aliphatic carbocycles. The Bertz CT molecular complexity index is 562. The summed E-state index contributed by atoms with van der Waals surface area (Å²) in [4.78, 5) is 0. The molecule has 0 amide bonds. The van der Waals surface area contributed by atoms with Crippen molar-refractivity contribution in [2.45, 2.75) is 12.8 Å². The van der Waals surface area contributed by atoms with Crippen LogP contribution in [0, 0.1) is 17.7 Å². The SMILES string of the molecule is O=S1(=O)CCC(C(CBr)Cc2cc(Cl)ccc2F)C1. The summed E-state index contributed by atoms with van der Waals surface area (Å²) >= 11 is 9.29. The van der Waals surface area contributed by atoms with Gasteiger partial charge in [-0.05, 0) is 48.4 Å². The van der Waals surface area contributed by atoms with Gasteiger partial charge in [-0.1, -0.05) is 27.5 Å². The lowest BCUT2D eigenvalue weighted by Gasteiger charge is -2.20. The highest BCUT2D eigenvalue weighted by Gasteiger charge is 2.33. The van der Waals surface area contributed by atoms with Crippen LogP contribution in [0.5, 0.6) is 0 Å². The first kappa shape index (κ1) is 15.3. The number of sulfone groups is 1. The Labute approximate surface area is 126 Å². The third kappa shape index (κ3) is 3.92. The van der Waals surface area contributed by atoms with E-state index >= 15 is 0 Å². The first-order valence-electron chi connectivity index (χ1n) is 6.11. The van der Waals surface area contributed by atoms with Gasteiger partial charge in [0, 0.05) is 10.4 Å². The molecular weight excluding hydrogens is 355 g/mol. The van der Waals surface area contributed by atoms with Crippen LogP contribution in [0.3, 0.4) is 0 Å². The van der Waals surface area contributed by atoms with Crippen LogP contribution in [0.2, 0.25) is 5.02 Å². The predicted octanol–water partition coefficient (Wildman–Crippen LogP) is 3.47. The molecule has 0 radical (unpaired) electrons. The van der Waals surface area contributed by atoms with E-state index in [4.69, 9.17) is 11.6 Å². The van der Waals surface area contributed by atoms with Gasteiger partial charge in [-0.2, -0.15) is 0 Å². The summed E-state index contributed by atoms with van der Waals surface area (Å²) in [5.41, 5.74) is 0.557. The Balaban J connectivity index is 2.13. The summed E-state index contributed by atoms with van der Waals surface area (Å²) in [7, 11) is -2.90. The maximum absolute atomic E-state index is 13.7. The second-order valence-electron chi connectivity index (χ2n) is 5.02. The van der Waals surface area contributed by atoms with E-state index in [2.05, 4.69) is 15.9 Å². The number of benzene rings is 1. The van der Waals surface area contributed by atoms with Gasteiger partial charge in [0.2, 0.25) is 0 Å². The maximum atomic E-state index is 13.7. The first-order valence-corrected chi connectivity index (χ1v) is 9.43. The average molecular weight is 370 g/mol. The van der Waals surface area contributed by atoms with E-state index in [1.807, 2.05) is 0 Å². The molecule has 1 aliphatic heterocycles. The molecule has 1 aromatic carbocycles. The molecule has 1 fully saturated rings. The summed E-state index contributed by atoms with van der Waals surface area (Å²) in [5, 5.41) is 1.17. The van der Waals surface area contributed by atoms with Crippen LogP contribution in [0.15, 0.2) is 18.2 Å². The summed E-state index contributed by atoms with van der Waals surface area (Å²) < 4.78 is 36.8. The number of rotatable bonds is 4. The van der Waals surface area contributed by atoms with Crippen LogP contribution in [0.1, 0.15) is 12.0 Å². The molecule has 0 N–H and O–H groups in total. The molecule has 19 heavy (non-hydrogen) atoms. The van der Waals surface area contributed by atoms with Gasteiger partial charge in [0.25, 0.3) is 0 Å². The molecule has 1 aliphatic rings. The third-order valence-electron chi connectivity index (χ3n) is 3.62. The lowest BCUT2D eigenvalue weighted by Crippen LogP contribution is -2.20. The van der Waals surface area contributed by atoms with E-state index in [9.17, 15) is 12.8 Å². The lowest BCUT2D eigenvalue weighted by molar-refractivity contribution is 0.396. The van der Waals surface area contributed by atoms with E-state index in [1.54, 1.807) is 6.07 Å². The standard InChI is InChI=1S/C13H15BrClFO2S/c14-7-11(9-3-4-19(17,18)8-9)5-10-6-12(15)1-2-13(10)16/h1-2,6,9,11H,3-5,7-8H2. The Morgan fingerprint density at radius 1 is 1.47 bits per heavy atom. The van der Waals surface area contributed by atoms with Crippen LogP contribution in [-0.2, 0) is 16.3 Å². The molecule has 0 saturated carbocycles. The average Bonchev–Trinajstić information content (AvgIpc) is 2.70. The first-order chi connectivity index (χ1) is 8.91. The van der Waals surface area contributed by atoms with Crippen LogP contribution in [-0.4, -0.2) is 25.3 Å². The van der Waals surface area contributed by atoms with Crippen molar-refractivity contribution in [2.24, 2.45) is 11.8 Å². The van der Waals surface area contributed by atoms with Gasteiger partial charge in [0.05, 0.1) is 11.5 Å². The zero-order chi connectivity index (χ0) is 14.0. The van der Waals surface area contributed by atoms with Crippen molar-refractivity contribution >= 4 is 37.4 Å². The van der Waals surface area contributed by atoms with Crippen molar-refractivity contribution < 1.29 is 12.8 Å². The quantitative estimate of drug-likeness (QED) is 0.762. The molecule has 106 valence electrons. The van der Waals surface area contributed by atoms with Gasteiger partial charge in [0.15, 0.2) is 9.84 Å². The van der Waals surface area contributed by atoms with Crippen molar-refractivity contribution in [3.63, 3.8) is 0 Å². The van der Waals surface area contributed by atoms with Crippen molar-refractivity contribution in [3.8, 4) is 0 Å². The maximum Gasteiger partial charge on any atom is 0.150 e. The normalized spacial score (nSPS) is 23.4. The minimum absolute atomic E-state index is 0.0998. The van der Waals surface area contributed by atoms with Crippen LogP contribution < -0.4 is 0 Å². The van der Waals surface area contributed by atoms with Gasteiger partial charge < -0.3 is 0 Å². The van der Waals surface area contributed by atoms with Gasteiger partial charge in [0.1, 0.15) is 5.82 Å². The summed E-state index contributed by atoms with van der Waals surface area (Å²) in [5.74, 6) is 0.397. The predicted molar refractivity (Wildman–Crippen MR) is 79.2 cm³/mol. The summed E-state index contributed by atoms with van der Waals surface area (Å²) in [6, 6.07) is 4.49. The Kier molecular flexibility index (Phi) is 4.90. The lowest BCUT2D eigenvalue weighted by atomic mass is 9.88. The highest BCUT2D eigenvalue weighted by Crippen LogP contribution is 2.31. The van der Waals surface area contributed by atoms with Crippen molar-refractivity contribution in [1.29, 1.82) is 0 Å². The minimum Gasteiger partial charge on any atom is -0.229 e. The van der Waals surface area contributed by atoms with Crippen molar-refractivity contribution in [2.75, 3.05) is 16.8 Å². The van der Waals surface area contributed by atoms with E-state index in [-0.39, 0.29) is 29.2 Å². The second kappa shape index (κ2) is 6.10. The van der Waals surface area contributed by atoms with Gasteiger partial charge in [-0.25, -0.2) is 12.8 Å². The molecule has 2 rings (SSSR count). The van der Waals surface area contributed by atoms with Gasteiger partial charge >= 0.3 is 0 Å². The Morgan fingerprint density at radius 3 is 2.79 bits per heavy atom. The smallest absolute Gasteiger partial charge is 0.150 e.